The van der Waals surface area contributed by atoms with Gasteiger partial charge < -0.3 is 4.57 Å². The molecule has 0 radical (unpaired) electrons. The van der Waals surface area contributed by atoms with E-state index in [1.165, 1.54) is 23.3 Å². The molecule has 4 nitrogen and oxygen atoms in total. The Morgan fingerprint density at radius 3 is 1.77 bits per heavy atom. The Labute approximate surface area is 246 Å². The van der Waals surface area contributed by atoms with Crippen LogP contribution in [-0.4, -0.2) is 45.5 Å². The molecule has 5 rings (SSSR count). The largest absolute Gasteiger partial charge is 0.416 e. The maximum Gasteiger partial charge on any atom is 0.416 e. The number of halogens is 5. The Morgan fingerprint density at radius 2 is 1.30 bits per heavy atom. The van der Waals surface area contributed by atoms with E-state index in [2.05, 4.69) is 82.0 Å². The lowest BCUT2D eigenvalue weighted by Crippen LogP contribution is -2.47. The van der Waals surface area contributed by atoms with Gasteiger partial charge in [0.2, 0.25) is 0 Å². The zero-order chi connectivity index (χ0) is 26.7. The van der Waals surface area contributed by atoms with E-state index in [0.29, 0.717) is 12.1 Å². The number of rotatable bonds is 7. The summed E-state index contributed by atoms with van der Waals surface area (Å²) in [5.74, 6) is 0.723. The minimum Gasteiger partial charge on any atom is -0.328 e. The molecule has 1 aliphatic heterocycles. The first-order chi connectivity index (χ1) is 18.3. The Bertz CT molecular complexity index is 1300. The van der Waals surface area contributed by atoms with Crippen molar-refractivity contribution in [3.05, 3.63) is 113 Å². The molecule has 4 aromatic rings. The number of piperazine rings is 1. The van der Waals surface area contributed by atoms with Crippen LogP contribution in [0.15, 0.2) is 84.9 Å². The maximum absolute atomic E-state index is 13.0. The number of aromatic nitrogens is 2. The summed E-state index contributed by atoms with van der Waals surface area (Å²) in [6.07, 6.45) is -4.35. The van der Waals surface area contributed by atoms with Crippen LogP contribution in [0.25, 0.3) is 11.4 Å². The van der Waals surface area contributed by atoms with Crippen LogP contribution in [0.5, 0.6) is 0 Å². The molecule has 1 aromatic heterocycles. The Balaban J connectivity index is 0.00000220. The number of benzene rings is 3. The van der Waals surface area contributed by atoms with Crippen LogP contribution in [0.1, 0.15) is 41.0 Å². The van der Waals surface area contributed by atoms with Crippen LogP contribution >= 0.6 is 24.8 Å². The Kier molecular flexibility index (Phi) is 10.8. The molecular formula is C31H35Cl2F3N4. The lowest BCUT2D eigenvalue weighted by molar-refractivity contribution is -0.137. The highest BCUT2D eigenvalue weighted by Crippen LogP contribution is 2.32. The van der Waals surface area contributed by atoms with E-state index in [4.69, 9.17) is 4.98 Å². The van der Waals surface area contributed by atoms with E-state index in [1.807, 2.05) is 6.92 Å². The summed E-state index contributed by atoms with van der Waals surface area (Å²) >= 11 is 0. The third-order valence-electron chi connectivity index (χ3n) is 7.48. The van der Waals surface area contributed by atoms with Gasteiger partial charge in [-0.05, 0) is 37.1 Å². The first-order valence-electron chi connectivity index (χ1n) is 13.1. The van der Waals surface area contributed by atoms with Gasteiger partial charge >= 0.3 is 6.18 Å². The topological polar surface area (TPSA) is 24.3 Å². The second-order valence-electron chi connectivity index (χ2n) is 9.82. The molecule has 3 aromatic carbocycles. The van der Waals surface area contributed by atoms with Crippen LogP contribution in [-0.2, 0) is 19.3 Å². The molecule has 1 aliphatic rings. The molecule has 0 aliphatic carbocycles. The van der Waals surface area contributed by atoms with E-state index in [-0.39, 0.29) is 30.9 Å². The summed E-state index contributed by atoms with van der Waals surface area (Å²) in [6, 6.07) is 26.8. The molecule has 1 saturated heterocycles. The monoisotopic (exact) mass is 590 g/mol. The predicted octanol–water partition coefficient (Wildman–Crippen LogP) is 7.65. The average molecular weight is 592 g/mol. The minimum absolute atomic E-state index is 0. The summed E-state index contributed by atoms with van der Waals surface area (Å²) in [4.78, 5) is 9.89. The van der Waals surface area contributed by atoms with Crippen molar-refractivity contribution in [1.82, 2.24) is 19.4 Å². The summed E-state index contributed by atoms with van der Waals surface area (Å²) in [7, 11) is 0. The third-order valence-corrected chi connectivity index (χ3v) is 7.48. The van der Waals surface area contributed by atoms with Gasteiger partial charge in [-0.15, -0.1) is 24.8 Å². The second kappa shape index (κ2) is 13.7. The molecule has 1 fully saturated rings. The molecule has 0 atom stereocenters. The van der Waals surface area contributed by atoms with Gasteiger partial charge in [-0.2, -0.15) is 13.2 Å². The van der Waals surface area contributed by atoms with Gasteiger partial charge in [-0.1, -0.05) is 72.8 Å². The van der Waals surface area contributed by atoms with E-state index in [1.54, 1.807) is 0 Å². The SMILES string of the molecule is CCn1c(-c2ccc(C(F)(F)F)cc2)nc(CN2CCN(C(c3ccccc3)c3ccccc3)CC2)c1C.Cl.Cl. The number of hydrogen-bond acceptors (Lipinski definition) is 3. The molecular weight excluding hydrogens is 556 g/mol. The molecule has 2 heterocycles. The third kappa shape index (κ3) is 6.89. The Morgan fingerprint density at radius 1 is 0.775 bits per heavy atom. The van der Waals surface area contributed by atoms with Gasteiger partial charge in [-0.25, -0.2) is 4.98 Å². The van der Waals surface area contributed by atoms with Gasteiger partial charge in [0.25, 0.3) is 0 Å². The van der Waals surface area contributed by atoms with Gasteiger partial charge in [0.05, 0.1) is 17.3 Å². The van der Waals surface area contributed by atoms with Crippen LogP contribution in [0.4, 0.5) is 13.2 Å². The van der Waals surface area contributed by atoms with Crippen LogP contribution in [0.3, 0.4) is 0 Å². The molecule has 0 N–H and O–H groups in total. The highest BCUT2D eigenvalue weighted by Gasteiger charge is 2.30. The fourth-order valence-electron chi connectivity index (χ4n) is 5.43. The summed E-state index contributed by atoms with van der Waals surface area (Å²) < 4.78 is 41.2. The van der Waals surface area contributed by atoms with Gasteiger partial charge in [0.15, 0.2) is 0 Å². The summed E-state index contributed by atoms with van der Waals surface area (Å²) in [6.45, 7) is 9.24. The van der Waals surface area contributed by atoms with Gasteiger partial charge in [0, 0.05) is 50.5 Å². The van der Waals surface area contributed by atoms with E-state index < -0.39 is 11.7 Å². The van der Waals surface area contributed by atoms with Crippen molar-refractivity contribution in [3.8, 4) is 11.4 Å². The second-order valence-corrected chi connectivity index (χ2v) is 9.82. The quantitative estimate of drug-likeness (QED) is 0.221. The van der Waals surface area contributed by atoms with Crippen molar-refractivity contribution >= 4 is 24.8 Å². The first kappa shape index (κ1) is 31.7. The molecule has 0 bridgehead atoms. The van der Waals surface area contributed by atoms with Crippen molar-refractivity contribution in [2.24, 2.45) is 0 Å². The smallest absolute Gasteiger partial charge is 0.328 e. The van der Waals surface area contributed by atoms with Crippen molar-refractivity contribution in [2.45, 2.75) is 39.2 Å². The van der Waals surface area contributed by atoms with Crippen molar-refractivity contribution in [1.29, 1.82) is 0 Å². The number of nitrogens with zero attached hydrogens (tertiary/aromatic N) is 4. The standard InChI is InChI=1S/C31H33F3N4.2ClH/c1-3-38-23(2)28(35-30(38)26-14-16-27(17-15-26)31(32,33)34)22-36-18-20-37(21-19-36)29(24-10-6-4-7-11-24)25-12-8-5-9-13-25;;/h4-17,29H,3,18-22H2,1-2H3;2*1H. The van der Waals surface area contributed by atoms with E-state index >= 15 is 0 Å². The first-order valence-corrected chi connectivity index (χ1v) is 13.1. The molecule has 40 heavy (non-hydrogen) atoms. The molecule has 0 saturated carbocycles. The van der Waals surface area contributed by atoms with Crippen LogP contribution in [0, 0.1) is 6.92 Å². The zero-order valence-electron chi connectivity index (χ0n) is 22.6. The minimum atomic E-state index is -4.35. The number of hydrogen-bond donors (Lipinski definition) is 0. The fourth-order valence-corrected chi connectivity index (χ4v) is 5.43. The fraction of sp³-hybridized carbons (Fsp3) is 0.323. The lowest BCUT2D eigenvalue weighted by atomic mass is 9.96. The summed E-state index contributed by atoms with van der Waals surface area (Å²) in [5, 5.41) is 0. The van der Waals surface area contributed by atoms with Crippen LogP contribution < -0.4 is 0 Å². The van der Waals surface area contributed by atoms with Crippen LogP contribution in [0.2, 0.25) is 0 Å². The number of imidazole rings is 1. The van der Waals surface area contributed by atoms with Gasteiger partial charge in [0.1, 0.15) is 5.82 Å². The molecule has 0 unspecified atom stereocenters. The molecule has 0 amide bonds. The Hall–Kier alpha value is -2.84. The zero-order valence-corrected chi connectivity index (χ0v) is 24.3. The molecule has 214 valence electrons. The highest BCUT2D eigenvalue weighted by atomic mass is 35.5. The van der Waals surface area contributed by atoms with Crippen molar-refractivity contribution in [3.63, 3.8) is 0 Å². The van der Waals surface area contributed by atoms with Crippen molar-refractivity contribution in [2.75, 3.05) is 26.2 Å². The van der Waals surface area contributed by atoms with E-state index in [0.717, 1.165) is 62.1 Å². The van der Waals surface area contributed by atoms with E-state index in [9.17, 15) is 13.2 Å². The highest BCUT2D eigenvalue weighted by molar-refractivity contribution is 5.85. The molecule has 9 heteroatoms. The maximum atomic E-state index is 13.0. The average Bonchev–Trinajstić information content (AvgIpc) is 3.25. The normalized spacial score (nSPS) is 14.6. The van der Waals surface area contributed by atoms with Gasteiger partial charge in [-0.3, -0.25) is 9.80 Å². The lowest BCUT2D eigenvalue weighted by Gasteiger charge is -2.39. The predicted molar refractivity (Wildman–Crippen MR) is 159 cm³/mol. The molecule has 0 spiro atoms. The van der Waals surface area contributed by atoms with Crippen molar-refractivity contribution < 1.29 is 13.2 Å². The summed E-state index contributed by atoms with van der Waals surface area (Å²) in [5.41, 5.74) is 4.70. The number of alkyl halides is 3.